The molecule has 1 aromatic heterocycles. The fourth-order valence-electron chi connectivity index (χ4n) is 1.92. The number of nitrogens with one attached hydrogen (secondary N) is 2. The van der Waals surface area contributed by atoms with Crippen molar-refractivity contribution < 1.29 is 9.53 Å². The average molecular weight is 340 g/mol. The van der Waals surface area contributed by atoms with Crippen molar-refractivity contribution in [1.82, 2.24) is 10.3 Å². The SMILES string of the molecule is COCCNC(=O)c1ccc(NCc2cnc(Cl)s2)c(C)c1. The van der Waals surface area contributed by atoms with Crippen LogP contribution in [0.15, 0.2) is 24.4 Å². The zero-order chi connectivity index (χ0) is 15.9. The zero-order valence-electron chi connectivity index (χ0n) is 12.5. The van der Waals surface area contributed by atoms with Crippen LogP contribution in [0.4, 0.5) is 5.69 Å². The number of methoxy groups -OCH3 is 1. The number of amides is 1. The number of ether oxygens (including phenoxy) is 1. The van der Waals surface area contributed by atoms with Crippen LogP contribution < -0.4 is 10.6 Å². The second-order valence-corrected chi connectivity index (χ2v) is 6.41. The molecule has 22 heavy (non-hydrogen) atoms. The number of thiazole rings is 1. The molecule has 0 radical (unpaired) electrons. The first-order valence-corrected chi connectivity index (χ1v) is 8.01. The van der Waals surface area contributed by atoms with Gasteiger partial charge in [-0.3, -0.25) is 4.79 Å². The number of carbonyl (C=O) groups excluding carboxylic acids is 1. The first-order valence-electron chi connectivity index (χ1n) is 6.82. The van der Waals surface area contributed by atoms with Crippen LogP contribution in [0.2, 0.25) is 4.47 Å². The summed E-state index contributed by atoms with van der Waals surface area (Å²) in [4.78, 5) is 17.0. The fourth-order valence-corrected chi connectivity index (χ4v) is 2.84. The van der Waals surface area contributed by atoms with Crippen LogP contribution in [0.5, 0.6) is 0 Å². The zero-order valence-corrected chi connectivity index (χ0v) is 14.1. The molecule has 0 fully saturated rings. The molecule has 2 aromatic rings. The summed E-state index contributed by atoms with van der Waals surface area (Å²) in [5.41, 5.74) is 2.63. The van der Waals surface area contributed by atoms with Gasteiger partial charge < -0.3 is 15.4 Å². The number of nitrogens with zero attached hydrogens (tertiary/aromatic N) is 1. The summed E-state index contributed by atoms with van der Waals surface area (Å²) in [5, 5.41) is 6.12. The highest BCUT2D eigenvalue weighted by atomic mass is 35.5. The Morgan fingerprint density at radius 1 is 1.45 bits per heavy atom. The number of aromatic nitrogens is 1. The number of anilines is 1. The quantitative estimate of drug-likeness (QED) is 0.761. The fraction of sp³-hybridized carbons (Fsp3) is 0.333. The van der Waals surface area contributed by atoms with Crippen molar-refractivity contribution in [3.05, 3.63) is 44.9 Å². The van der Waals surface area contributed by atoms with E-state index in [0.717, 1.165) is 16.1 Å². The molecule has 2 N–H and O–H groups in total. The van der Waals surface area contributed by atoms with Crippen molar-refractivity contribution >= 4 is 34.5 Å². The Hall–Kier alpha value is -1.63. The molecular weight excluding hydrogens is 322 g/mol. The van der Waals surface area contributed by atoms with E-state index in [9.17, 15) is 4.79 Å². The standard InChI is InChI=1S/C15H18ClN3O2S/c1-10-7-11(14(20)17-5-6-21-2)3-4-13(10)18-8-12-9-19-15(16)22-12/h3-4,7,9,18H,5-6,8H2,1-2H3,(H,17,20). The van der Waals surface area contributed by atoms with Gasteiger partial charge in [-0.25, -0.2) is 4.98 Å². The van der Waals surface area contributed by atoms with Gasteiger partial charge in [-0.1, -0.05) is 11.6 Å². The third kappa shape index (κ3) is 4.69. The van der Waals surface area contributed by atoms with Crippen LogP contribution in [0.1, 0.15) is 20.8 Å². The van der Waals surface area contributed by atoms with Crippen molar-refractivity contribution in [2.24, 2.45) is 0 Å². The molecule has 0 saturated heterocycles. The molecular formula is C15H18ClN3O2S. The maximum absolute atomic E-state index is 12.0. The van der Waals surface area contributed by atoms with E-state index < -0.39 is 0 Å². The molecule has 0 aliphatic rings. The molecule has 1 amide bonds. The van der Waals surface area contributed by atoms with Gasteiger partial charge in [-0.15, -0.1) is 11.3 Å². The number of carbonyl (C=O) groups is 1. The molecule has 118 valence electrons. The molecule has 0 aliphatic heterocycles. The molecule has 2 rings (SSSR count). The van der Waals surface area contributed by atoms with Gasteiger partial charge in [0, 0.05) is 36.0 Å². The molecule has 0 aliphatic carbocycles. The lowest BCUT2D eigenvalue weighted by molar-refractivity contribution is 0.0937. The van der Waals surface area contributed by atoms with E-state index >= 15 is 0 Å². The Labute approximate surface area is 138 Å². The maximum Gasteiger partial charge on any atom is 0.251 e. The largest absolute Gasteiger partial charge is 0.383 e. The lowest BCUT2D eigenvalue weighted by Crippen LogP contribution is -2.27. The van der Waals surface area contributed by atoms with Gasteiger partial charge in [0.25, 0.3) is 5.91 Å². The van der Waals surface area contributed by atoms with Gasteiger partial charge in [0.2, 0.25) is 0 Å². The Morgan fingerprint density at radius 3 is 2.91 bits per heavy atom. The molecule has 0 unspecified atom stereocenters. The first kappa shape index (κ1) is 16.7. The van der Waals surface area contributed by atoms with Crippen molar-refractivity contribution in [2.75, 3.05) is 25.6 Å². The second-order valence-electron chi connectivity index (χ2n) is 4.71. The van der Waals surface area contributed by atoms with E-state index in [4.69, 9.17) is 16.3 Å². The van der Waals surface area contributed by atoms with Gasteiger partial charge >= 0.3 is 0 Å². The highest BCUT2D eigenvalue weighted by Crippen LogP contribution is 2.21. The second kappa shape index (κ2) is 8.12. The van der Waals surface area contributed by atoms with Crippen molar-refractivity contribution in [3.8, 4) is 0 Å². The molecule has 5 nitrogen and oxygen atoms in total. The lowest BCUT2D eigenvalue weighted by atomic mass is 10.1. The maximum atomic E-state index is 12.0. The van der Waals surface area contributed by atoms with Crippen LogP contribution in [0, 0.1) is 6.92 Å². The molecule has 0 spiro atoms. The van der Waals surface area contributed by atoms with Crippen LogP contribution in [-0.2, 0) is 11.3 Å². The average Bonchev–Trinajstić information content (AvgIpc) is 2.91. The highest BCUT2D eigenvalue weighted by molar-refractivity contribution is 7.15. The van der Waals surface area contributed by atoms with E-state index in [1.165, 1.54) is 11.3 Å². The molecule has 0 atom stereocenters. The monoisotopic (exact) mass is 339 g/mol. The Morgan fingerprint density at radius 2 is 2.27 bits per heavy atom. The molecule has 7 heteroatoms. The van der Waals surface area contributed by atoms with Crippen molar-refractivity contribution in [2.45, 2.75) is 13.5 Å². The number of benzene rings is 1. The van der Waals surface area contributed by atoms with E-state index in [1.807, 2.05) is 19.1 Å². The van der Waals surface area contributed by atoms with Crippen LogP contribution in [0.25, 0.3) is 0 Å². The summed E-state index contributed by atoms with van der Waals surface area (Å²) in [7, 11) is 1.60. The number of aryl methyl sites for hydroxylation is 1. The van der Waals surface area contributed by atoms with Gasteiger partial charge in [0.05, 0.1) is 13.2 Å². The first-order chi connectivity index (χ1) is 10.6. The predicted molar refractivity (Wildman–Crippen MR) is 89.8 cm³/mol. The van der Waals surface area contributed by atoms with Crippen LogP contribution >= 0.6 is 22.9 Å². The molecule has 1 aromatic carbocycles. The van der Waals surface area contributed by atoms with Crippen LogP contribution in [-0.4, -0.2) is 31.2 Å². The van der Waals surface area contributed by atoms with Crippen LogP contribution in [0.3, 0.4) is 0 Å². The topological polar surface area (TPSA) is 63.2 Å². The number of rotatable bonds is 7. The summed E-state index contributed by atoms with van der Waals surface area (Å²) >= 11 is 7.26. The smallest absolute Gasteiger partial charge is 0.251 e. The summed E-state index contributed by atoms with van der Waals surface area (Å²) < 4.78 is 5.45. The molecule has 1 heterocycles. The molecule has 0 saturated carbocycles. The van der Waals surface area contributed by atoms with E-state index in [2.05, 4.69) is 15.6 Å². The van der Waals surface area contributed by atoms with Gasteiger partial charge in [-0.2, -0.15) is 0 Å². The Kier molecular flexibility index (Phi) is 6.18. The Balaban J connectivity index is 1.95. The van der Waals surface area contributed by atoms with Crippen molar-refractivity contribution in [3.63, 3.8) is 0 Å². The van der Waals surface area contributed by atoms with E-state index in [0.29, 0.717) is 29.7 Å². The lowest BCUT2D eigenvalue weighted by Gasteiger charge is -2.10. The summed E-state index contributed by atoms with van der Waals surface area (Å²) in [5.74, 6) is -0.0964. The summed E-state index contributed by atoms with van der Waals surface area (Å²) in [6.45, 7) is 3.63. The van der Waals surface area contributed by atoms with Crippen molar-refractivity contribution in [1.29, 1.82) is 0 Å². The third-order valence-corrected chi connectivity index (χ3v) is 4.17. The van der Waals surface area contributed by atoms with Gasteiger partial charge in [0.1, 0.15) is 0 Å². The van der Waals surface area contributed by atoms with Gasteiger partial charge in [0.15, 0.2) is 4.47 Å². The summed E-state index contributed by atoms with van der Waals surface area (Å²) in [6.07, 6.45) is 1.76. The molecule has 0 bridgehead atoms. The predicted octanol–water partition coefficient (Wildman–Crippen LogP) is 3.09. The minimum atomic E-state index is -0.0964. The van der Waals surface area contributed by atoms with E-state index in [-0.39, 0.29) is 5.91 Å². The summed E-state index contributed by atoms with van der Waals surface area (Å²) in [6, 6.07) is 5.57. The Bertz CT molecular complexity index is 645. The third-order valence-electron chi connectivity index (χ3n) is 3.06. The normalized spacial score (nSPS) is 10.5. The highest BCUT2D eigenvalue weighted by Gasteiger charge is 2.07. The minimum absolute atomic E-state index is 0.0964. The number of hydrogen-bond acceptors (Lipinski definition) is 5. The van der Waals surface area contributed by atoms with E-state index in [1.54, 1.807) is 19.4 Å². The number of hydrogen-bond donors (Lipinski definition) is 2. The number of halogens is 1. The minimum Gasteiger partial charge on any atom is -0.383 e. The van der Waals surface area contributed by atoms with Gasteiger partial charge in [-0.05, 0) is 30.7 Å².